The molecule has 0 bridgehead atoms. The summed E-state index contributed by atoms with van der Waals surface area (Å²) >= 11 is 0. The van der Waals surface area contributed by atoms with Crippen molar-refractivity contribution in [3.05, 3.63) is 11.3 Å². The molecule has 2 heterocycles. The Hall–Kier alpha value is -2.05. The van der Waals surface area contributed by atoms with E-state index in [2.05, 4.69) is 15.5 Å². The van der Waals surface area contributed by atoms with Gasteiger partial charge >= 0.3 is 6.03 Å². The van der Waals surface area contributed by atoms with E-state index >= 15 is 0 Å². The number of aromatic nitrogens is 2. The number of carbonyl (C=O) groups excluding carboxylic acids is 2. The first kappa shape index (κ1) is 12.0. The lowest BCUT2D eigenvalue weighted by atomic mass is 10.1. The first-order valence-electron chi connectivity index (χ1n) is 6.56. The van der Waals surface area contributed by atoms with Crippen LogP contribution >= 0.6 is 0 Å². The number of amides is 3. The van der Waals surface area contributed by atoms with Crippen LogP contribution < -0.4 is 11.1 Å². The van der Waals surface area contributed by atoms with Crippen LogP contribution in [0.1, 0.15) is 36.9 Å². The summed E-state index contributed by atoms with van der Waals surface area (Å²) in [6.45, 7) is 0.807. The van der Waals surface area contributed by atoms with Gasteiger partial charge in [-0.25, -0.2) is 4.79 Å². The maximum Gasteiger partial charge on any atom is 0.315 e. The topological polar surface area (TPSA) is 104 Å². The fourth-order valence-corrected chi connectivity index (χ4v) is 2.80. The van der Waals surface area contributed by atoms with E-state index in [4.69, 9.17) is 5.73 Å². The summed E-state index contributed by atoms with van der Waals surface area (Å²) in [7, 11) is 0. The summed E-state index contributed by atoms with van der Waals surface area (Å²) in [4.78, 5) is 24.7. The van der Waals surface area contributed by atoms with Crippen molar-refractivity contribution >= 4 is 17.8 Å². The smallest absolute Gasteiger partial charge is 0.315 e. The van der Waals surface area contributed by atoms with Crippen molar-refractivity contribution in [2.75, 3.05) is 5.32 Å². The normalized spacial score (nSPS) is 18.6. The quantitative estimate of drug-likeness (QED) is 0.739. The number of aromatic amines is 1. The molecule has 0 aromatic carbocycles. The van der Waals surface area contributed by atoms with E-state index in [0.29, 0.717) is 18.9 Å². The molecule has 102 valence electrons. The third-order valence-corrected chi connectivity index (χ3v) is 3.93. The summed E-state index contributed by atoms with van der Waals surface area (Å²) in [5.74, 6) is 0.754. The number of hydrogen-bond acceptors (Lipinski definition) is 3. The summed E-state index contributed by atoms with van der Waals surface area (Å²) in [6.07, 6.45) is 4.15. The minimum Gasteiger partial charge on any atom is -0.351 e. The standard InChI is InChI=1S/C12H17N5O2/c13-12(19)17-5-8-9(6-17)15-16-10(8)14-11(18)7-3-1-2-4-7/h7H,1-6H2,(H2,13,19)(H2,14,15,16,18). The zero-order valence-corrected chi connectivity index (χ0v) is 10.6. The molecule has 1 aliphatic heterocycles. The molecule has 0 saturated heterocycles. The van der Waals surface area contributed by atoms with Gasteiger partial charge in [-0.2, -0.15) is 5.10 Å². The van der Waals surface area contributed by atoms with Gasteiger partial charge in [0, 0.05) is 11.5 Å². The van der Waals surface area contributed by atoms with Crippen LogP contribution in [-0.4, -0.2) is 27.0 Å². The van der Waals surface area contributed by atoms with Crippen LogP contribution in [0.25, 0.3) is 0 Å². The molecule has 2 aliphatic rings. The van der Waals surface area contributed by atoms with Gasteiger partial charge in [-0.15, -0.1) is 0 Å². The second-order valence-corrected chi connectivity index (χ2v) is 5.19. The largest absolute Gasteiger partial charge is 0.351 e. The maximum absolute atomic E-state index is 12.1. The first-order valence-corrected chi connectivity index (χ1v) is 6.56. The molecule has 1 aliphatic carbocycles. The molecule has 1 fully saturated rings. The molecule has 1 saturated carbocycles. The number of nitrogens with one attached hydrogen (secondary N) is 2. The number of primary amides is 1. The molecule has 1 aromatic heterocycles. The van der Waals surface area contributed by atoms with Gasteiger partial charge in [-0.05, 0) is 12.8 Å². The summed E-state index contributed by atoms with van der Waals surface area (Å²) in [6, 6.07) is -0.467. The number of H-pyrrole nitrogens is 1. The van der Waals surface area contributed by atoms with E-state index < -0.39 is 6.03 Å². The number of anilines is 1. The molecule has 3 rings (SSSR count). The van der Waals surface area contributed by atoms with Gasteiger partial charge in [0.1, 0.15) is 5.82 Å². The van der Waals surface area contributed by atoms with Crippen LogP contribution in [0.5, 0.6) is 0 Å². The molecule has 4 N–H and O–H groups in total. The summed E-state index contributed by atoms with van der Waals surface area (Å²) in [5, 5.41) is 9.84. The van der Waals surface area contributed by atoms with Gasteiger partial charge in [0.15, 0.2) is 0 Å². The Morgan fingerprint density at radius 3 is 2.74 bits per heavy atom. The van der Waals surface area contributed by atoms with Gasteiger partial charge < -0.3 is 16.0 Å². The Kier molecular flexibility index (Phi) is 2.88. The van der Waals surface area contributed by atoms with Gasteiger partial charge in [0.05, 0.1) is 18.8 Å². The molecule has 0 radical (unpaired) electrons. The molecule has 3 amide bonds. The summed E-state index contributed by atoms with van der Waals surface area (Å²) in [5.41, 5.74) is 6.89. The SMILES string of the molecule is NC(=O)N1Cc2n[nH]c(NC(=O)C3CCCC3)c2C1. The van der Waals surface area contributed by atoms with Gasteiger partial charge in [-0.1, -0.05) is 12.8 Å². The molecule has 1 aromatic rings. The van der Waals surface area contributed by atoms with Crippen molar-refractivity contribution in [2.24, 2.45) is 11.7 Å². The molecule has 7 heteroatoms. The highest BCUT2D eigenvalue weighted by molar-refractivity contribution is 5.92. The van der Waals surface area contributed by atoms with Crippen molar-refractivity contribution in [2.45, 2.75) is 38.8 Å². The number of nitrogens with zero attached hydrogens (tertiary/aromatic N) is 2. The summed E-state index contributed by atoms with van der Waals surface area (Å²) < 4.78 is 0. The zero-order chi connectivity index (χ0) is 13.4. The highest BCUT2D eigenvalue weighted by atomic mass is 16.2. The molecular weight excluding hydrogens is 246 g/mol. The molecule has 0 atom stereocenters. The molecular formula is C12H17N5O2. The fourth-order valence-electron chi connectivity index (χ4n) is 2.80. The monoisotopic (exact) mass is 263 g/mol. The van der Waals surface area contributed by atoms with Gasteiger partial charge in [-0.3, -0.25) is 9.89 Å². The number of urea groups is 1. The lowest BCUT2D eigenvalue weighted by Gasteiger charge is -2.13. The van der Waals surface area contributed by atoms with Crippen LogP contribution in [0, 0.1) is 5.92 Å². The number of fused-ring (bicyclic) bond motifs is 1. The molecule has 7 nitrogen and oxygen atoms in total. The Morgan fingerprint density at radius 2 is 2.05 bits per heavy atom. The highest BCUT2D eigenvalue weighted by Crippen LogP contribution is 2.29. The van der Waals surface area contributed by atoms with E-state index in [1.165, 1.54) is 4.90 Å². The van der Waals surface area contributed by atoms with Crippen LogP contribution in [0.3, 0.4) is 0 Å². The second-order valence-electron chi connectivity index (χ2n) is 5.19. The third-order valence-electron chi connectivity index (χ3n) is 3.93. The van der Waals surface area contributed by atoms with Gasteiger partial charge in [0.2, 0.25) is 5.91 Å². The number of rotatable bonds is 2. The Bertz CT molecular complexity index is 518. The number of nitrogens with two attached hydrogens (primary N) is 1. The van der Waals surface area contributed by atoms with E-state index in [-0.39, 0.29) is 11.8 Å². The maximum atomic E-state index is 12.1. The van der Waals surface area contributed by atoms with Crippen LogP contribution in [-0.2, 0) is 17.9 Å². The van der Waals surface area contributed by atoms with E-state index in [0.717, 1.165) is 36.9 Å². The highest BCUT2D eigenvalue weighted by Gasteiger charge is 2.29. The fraction of sp³-hybridized carbons (Fsp3) is 0.583. The van der Waals surface area contributed by atoms with E-state index in [9.17, 15) is 9.59 Å². The van der Waals surface area contributed by atoms with E-state index in [1.54, 1.807) is 0 Å². The van der Waals surface area contributed by atoms with Crippen LogP contribution in [0.2, 0.25) is 0 Å². The minimum atomic E-state index is -0.467. The zero-order valence-electron chi connectivity index (χ0n) is 10.6. The Balaban J connectivity index is 1.70. The molecule has 19 heavy (non-hydrogen) atoms. The average molecular weight is 263 g/mol. The number of carbonyl (C=O) groups is 2. The third kappa shape index (κ3) is 2.16. The van der Waals surface area contributed by atoms with Crippen molar-refractivity contribution in [3.63, 3.8) is 0 Å². The Labute approximate surface area is 110 Å². The minimum absolute atomic E-state index is 0.0430. The predicted octanol–water partition coefficient (Wildman–Crippen LogP) is 0.933. The Morgan fingerprint density at radius 1 is 1.32 bits per heavy atom. The van der Waals surface area contributed by atoms with Crippen molar-refractivity contribution < 1.29 is 9.59 Å². The van der Waals surface area contributed by atoms with Crippen molar-refractivity contribution in [1.82, 2.24) is 15.1 Å². The molecule has 0 spiro atoms. The second kappa shape index (κ2) is 4.56. The lowest BCUT2D eigenvalue weighted by molar-refractivity contribution is -0.119. The number of hydrogen-bond donors (Lipinski definition) is 3. The average Bonchev–Trinajstić information content (AvgIpc) is 3.05. The lowest BCUT2D eigenvalue weighted by Crippen LogP contribution is -2.31. The van der Waals surface area contributed by atoms with Gasteiger partial charge in [0.25, 0.3) is 0 Å². The van der Waals surface area contributed by atoms with Crippen LogP contribution in [0.4, 0.5) is 10.6 Å². The van der Waals surface area contributed by atoms with E-state index in [1.807, 2.05) is 0 Å². The first-order chi connectivity index (χ1) is 9.15. The van der Waals surface area contributed by atoms with Crippen molar-refractivity contribution in [3.8, 4) is 0 Å². The van der Waals surface area contributed by atoms with Crippen molar-refractivity contribution in [1.29, 1.82) is 0 Å². The predicted molar refractivity (Wildman–Crippen MR) is 68.0 cm³/mol. The van der Waals surface area contributed by atoms with Crippen LogP contribution in [0.15, 0.2) is 0 Å². The molecule has 0 unspecified atom stereocenters.